The Labute approximate surface area is 173 Å². The number of sulfonamides is 1. The summed E-state index contributed by atoms with van der Waals surface area (Å²) < 4.78 is 40.7. The molecule has 1 fully saturated rings. The topological polar surface area (TPSA) is 66.4 Å². The van der Waals surface area contributed by atoms with Crippen molar-refractivity contribution in [3.8, 4) is 0 Å². The molecule has 1 aliphatic carbocycles. The van der Waals surface area contributed by atoms with Gasteiger partial charge in [-0.2, -0.15) is 4.31 Å². The largest absolute Gasteiger partial charge is 0.353 e. The summed E-state index contributed by atoms with van der Waals surface area (Å²) >= 11 is 1.76. The lowest BCUT2D eigenvalue weighted by molar-refractivity contribution is 0.384. The van der Waals surface area contributed by atoms with Gasteiger partial charge in [0.05, 0.1) is 10.3 Å². The van der Waals surface area contributed by atoms with Gasteiger partial charge in [-0.25, -0.2) is 22.8 Å². The maximum absolute atomic E-state index is 13.5. The number of piperazine rings is 1. The monoisotopic (exact) mass is 432 g/mol. The van der Waals surface area contributed by atoms with E-state index in [-0.39, 0.29) is 4.90 Å². The Kier molecular flexibility index (Phi) is 4.56. The fourth-order valence-corrected chi connectivity index (χ4v) is 6.98. The van der Waals surface area contributed by atoms with Gasteiger partial charge in [0.1, 0.15) is 22.3 Å². The van der Waals surface area contributed by atoms with Crippen molar-refractivity contribution < 1.29 is 12.8 Å². The summed E-state index contributed by atoms with van der Waals surface area (Å²) in [5, 5.41) is 1.15. The van der Waals surface area contributed by atoms with Gasteiger partial charge < -0.3 is 4.90 Å². The number of aryl methyl sites for hydroxylation is 3. The van der Waals surface area contributed by atoms with Crippen molar-refractivity contribution in [3.05, 3.63) is 46.3 Å². The lowest BCUT2D eigenvalue weighted by Crippen LogP contribution is -2.49. The number of hydrogen-bond donors (Lipinski definition) is 0. The van der Waals surface area contributed by atoms with E-state index in [0.717, 1.165) is 40.8 Å². The molecule has 1 aliphatic heterocycles. The fourth-order valence-electron chi connectivity index (χ4n) is 4.23. The van der Waals surface area contributed by atoms with E-state index in [9.17, 15) is 12.8 Å². The zero-order chi connectivity index (χ0) is 20.2. The van der Waals surface area contributed by atoms with Crippen LogP contribution in [0.3, 0.4) is 0 Å². The molecule has 2 aliphatic rings. The first-order valence-corrected chi connectivity index (χ1v) is 12.0. The van der Waals surface area contributed by atoms with Crippen LogP contribution in [0.2, 0.25) is 0 Å². The molecule has 0 N–H and O–H groups in total. The Morgan fingerprint density at radius 3 is 2.66 bits per heavy atom. The number of benzene rings is 1. The molecule has 1 saturated heterocycles. The third-order valence-corrected chi connectivity index (χ3v) is 8.71. The minimum atomic E-state index is -3.70. The lowest BCUT2D eigenvalue weighted by Gasteiger charge is -2.35. The van der Waals surface area contributed by atoms with Crippen LogP contribution in [-0.2, 0) is 22.9 Å². The average molecular weight is 433 g/mol. The highest BCUT2D eigenvalue weighted by atomic mass is 32.2. The van der Waals surface area contributed by atoms with Crippen LogP contribution in [0.4, 0.5) is 10.2 Å². The molecule has 29 heavy (non-hydrogen) atoms. The quantitative estimate of drug-likeness (QED) is 0.636. The van der Waals surface area contributed by atoms with E-state index in [4.69, 9.17) is 4.98 Å². The lowest BCUT2D eigenvalue weighted by atomic mass is 10.1. The van der Waals surface area contributed by atoms with Crippen LogP contribution in [0.1, 0.15) is 22.7 Å². The van der Waals surface area contributed by atoms with Crippen LogP contribution in [0.5, 0.6) is 0 Å². The van der Waals surface area contributed by atoms with Crippen molar-refractivity contribution in [3.63, 3.8) is 0 Å². The molecule has 9 heteroatoms. The molecule has 0 radical (unpaired) electrons. The number of thiophene rings is 1. The van der Waals surface area contributed by atoms with E-state index in [1.807, 2.05) is 6.92 Å². The predicted molar refractivity (Wildman–Crippen MR) is 112 cm³/mol. The van der Waals surface area contributed by atoms with Crippen molar-refractivity contribution in [1.29, 1.82) is 0 Å². The Hall–Kier alpha value is -2.10. The number of aromatic nitrogens is 2. The molecule has 0 unspecified atom stereocenters. The number of anilines is 1. The molecular formula is C20H21FN4O2S2. The van der Waals surface area contributed by atoms with E-state index >= 15 is 0 Å². The number of nitrogens with zero attached hydrogens (tertiary/aromatic N) is 4. The molecule has 3 heterocycles. The van der Waals surface area contributed by atoms with Gasteiger partial charge in [-0.05, 0) is 49.9 Å². The normalized spacial score (nSPS) is 17.8. The average Bonchev–Trinajstić information content (AvgIpc) is 3.28. The van der Waals surface area contributed by atoms with Crippen molar-refractivity contribution in [2.24, 2.45) is 0 Å². The molecule has 0 amide bonds. The first kappa shape index (κ1) is 18.9. The van der Waals surface area contributed by atoms with Gasteiger partial charge in [0.2, 0.25) is 10.0 Å². The third kappa shape index (κ3) is 3.21. The SMILES string of the molecule is Cc1nc(N2CCN(S(=O)(=O)c3cccc(F)c3)CC2)c2c3c(sc2n1)CCC3. The van der Waals surface area contributed by atoms with E-state index in [0.29, 0.717) is 26.2 Å². The van der Waals surface area contributed by atoms with Crippen LogP contribution < -0.4 is 4.90 Å². The molecule has 0 saturated carbocycles. The smallest absolute Gasteiger partial charge is 0.243 e. The zero-order valence-corrected chi connectivity index (χ0v) is 17.7. The Balaban J connectivity index is 1.43. The third-order valence-electron chi connectivity index (χ3n) is 5.63. The van der Waals surface area contributed by atoms with Gasteiger partial charge in [0.15, 0.2) is 0 Å². The summed E-state index contributed by atoms with van der Waals surface area (Å²) in [4.78, 5) is 14.0. The van der Waals surface area contributed by atoms with Gasteiger partial charge in [0, 0.05) is 31.1 Å². The number of fused-ring (bicyclic) bond motifs is 3. The van der Waals surface area contributed by atoms with Crippen molar-refractivity contribution in [2.75, 3.05) is 31.1 Å². The Bertz CT molecular complexity index is 1200. The summed E-state index contributed by atoms with van der Waals surface area (Å²) in [6.07, 6.45) is 3.33. The summed E-state index contributed by atoms with van der Waals surface area (Å²) in [5.41, 5.74) is 1.37. The molecular weight excluding hydrogens is 411 g/mol. The number of hydrogen-bond acceptors (Lipinski definition) is 6. The van der Waals surface area contributed by atoms with E-state index < -0.39 is 15.8 Å². The first-order valence-electron chi connectivity index (χ1n) is 9.73. The second-order valence-corrected chi connectivity index (χ2v) is 10.5. The van der Waals surface area contributed by atoms with Gasteiger partial charge in [-0.15, -0.1) is 11.3 Å². The second kappa shape index (κ2) is 7.00. The van der Waals surface area contributed by atoms with Gasteiger partial charge in [-0.1, -0.05) is 6.07 Å². The van der Waals surface area contributed by atoms with Crippen LogP contribution in [0, 0.1) is 12.7 Å². The highest BCUT2D eigenvalue weighted by molar-refractivity contribution is 7.89. The van der Waals surface area contributed by atoms with Crippen LogP contribution in [0.25, 0.3) is 10.2 Å². The highest BCUT2D eigenvalue weighted by Gasteiger charge is 2.31. The van der Waals surface area contributed by atoms with E-state index in [1.165, 1.54) is 39.4 Å². The van der Waals surface area contributed by atoms with E-state index in [2.05, 4.69) is 9.88 Å². The molecule has 2 aromatic heterocycles. The van der Waals surface area contributed by atoms with Gasteiger partial charge in [0.25, 0.3) is 0 Å². The molecule has 6 nitrogen and oxygen atoms in total. The molecule has 1 aromatic carbocycles. The molecule has 152 valence electrons. The van der Waals surface area contributed by atoms with Gasteiger partial charge >= 0.3 is 0 Å². The minimum Gasteiger partial charge on any atom is -0.353 e. The molecule has 0 spiro atoms. The summed E-state index contributed by atoms with van der Waals surface area (Å²) in [7, 11) is -3.70. The Morgan fingerprint density at radius 1 is 1.10 bits per heavy atom. The van der Waals surface area contributed by atoms with Crippen LogP contribution in [-0.4, -0.2) is 48.9 Å². The highest BCUT2D eigenvalue weighted by Crippen LogP contribution is 2.40. The van der Waals surface area contributed by atoms with Crippen LogP contribution >= 0.6 is 11.3 Å². The molecule has 0 bridgehead atoms. The molecule has 3 aromatic rings. The summed E-state index contributed by atoms with van der Waals surface area (Å²) in [6, 6.07) is 5.19. The van der Waals surface area contributed by atoms with E-state index in [1.54, 1.807) is 11.3 Å². The maximum Gasteiger partial charge on any atom is 0.243 e. The standard InChI is InChI=1S/C20H21FN4O2S2/c1-13-22-19(18-16-6-3-7-17(16)28-20(18)23-13)24-8-10-25(11-9-24)29(26,27)15-5-2-4-14(21)12-15/h2,4-5,12H,3,6-11H2,1H3. The predicted octanol–water partition coefficient (Wildman–Crippen LogP) is 3.14. The van der Waals surface area contributed by atoms with Crippen molar-refractivity contribution in [1.82, 2.24) is 14.3 Å². The Morgan fingerprint density at radius 2 is 1.90 bits per heavy atom. The summed E-state index contributed by atoms with van der Waals surface area (Å²) in [5.74, 6) is 1.12. The van der Waals surface area contributed by atoms with Crippen molar-refractivity contribution in [2.45, 2.75) is 31.1 Å². The minimum absolute atomic E-state index is 0.00174. The van der Waals surface area contributed by atoms with Gasteiger partial charge in [-0.3, -0.25) is 0 Å². The number of rotatable bonds is 3. The molecule has 0 atom stereocenters. The number of halogens is 1. The zero-order valence-electron chi connectivity index (χ0n) is 16.1. The fraction of sp³-hybridized carbons (Fsp3) is 0.400. The summed E-state index contributed by atoms with van der Waals surface area (Å²) in [6.45, 7) is 3.68. The second-order valence-electron chi connectivity index (χ2n) is 7.48. The van der Waals surface area contributed by atoms with Crippen molar-refractivity contribution >= 4 is 37.4 Å². The van der Waals surface area contributed by atoms with Crippen LogP contribution in [0.15, 0.2) is 29.2 Å². The first-order chi connectivity index (χ1) is 13.9. The molecule has 5 rings (SSSR count). The maximum atomic E-state index is 13.5.